The first-order valence-electron chi connectivity index (χ1n) is 5.48. The van der Waals surface area contributed by atoms with Crippen LogP contribution < -0.4 is 5.32 Å². The van der Waals surface area contributed by atoms with Gasteiger partial charge in [-0.15, -0.1) is 0 Å². The molecule has 1 aromatic rings. The summed E-state index contributed by atoms with van der Waals surface area (Å²) in [6.45, 7) is 5.66. The molecule has 0 radical (unpaired) electrons. The van der Waals surface area contributed by atoms with E-state index in [1.165, 1.54) is 0 Å². The van der Waals surface area contributed by atoms with Gasteiger partial charge in [0.15, 0.2) is 0 Å². The molecule has 1 amide bonds. The molecule has 88 valence electrons. The Balaban J connectivity index is 2.45. The second kappa shape index (κ2) is 6.00. The number of carbonyl (C=O) groups excluding carboxylic acids is 1. The molecule has 0 aromatic heterocycles. The van der Waals surface area contributed by atoms with Gasteiger partial charge in [0.05, 0.1) is 6.54 Å². The van der Waals surface area contributed by atoms with E-state index in [-0.39, 0.29) is 18.2 Å². The van der Waals surface area contributed by atoms with Gasteiger partial charge in [-0.1, -0.05) is 0 Å². The summed E-state index contributed by atoms with van der Waals surface area (Å²) < 4.78 is 0. The highest BCUT2D eigenvalue weighted by atomic mass is 16.3. The minimum Gasteiger partial charge on any atom is -0.508 e. The zero-order valence-electron chi connectivity index (χ0n) is 9.73. The molecule has 4 nitrogen and oxygen atoms in total. The summed E-state index contributed by atoms with van der Waals surface area (Å²) in [5.41, 5.74) is 0.832. The highest BCUT2D eigenvalue weighted by Gasteiger charge is 2.08. The van der Waals surface area contributed by atoms with Crippen LogP contribution in [0, 0.1) is 0 Å². The van der Waals surface area contributed by atoms with Crippen molar-refractivity contribution < 1.29 is 9.90 Å². The highest BCUT2D eigenvalue weighted by molar-refractivity contribution is 5.80. The molecular formula is C12H18N2O2. The summed E-state index contributed by atoms with van der Waals surface area (Å²) in [4.78, 5) is 13.4. The number of rotatable bonds is 5. The average molecular weight is 222 g/mol. The fraction of sp³-hybridized carbons (Fsp3) is 0.417. The van der Waals surface area contributed by atoms with Gasteiger partial charge in [0.2, 0.25) is 5.91 Å². The van der Waals surface area contributed by atoms with Crippen molar-refractivity contribution in [3.8, 4) is 5.75 Å². The molecule has 0 aliphatic heterocycles. The van der Waals surface area contributed by atoms with Gasteiger partial charge in [-0.3, -0.25) is 4.79 Å². The summed E-state index contributed by atoms with van der Waals surface area (Å²) in [5, 5.41) is 12.1. The van der Waals surface area contributed by atoms with Crippen molar-refractivity contribution in [2.45, 2.75) is 13.8 Å². The van der Waals surface area contributed by atoms with Crippen molar-refractivity contribution in [3.63, 3.8) is 0 Å². The SMILES string of the molecule is CCN(CC)C(=O)CNc1ccc(O)cc1. The molecule has 0 saturated heterocycles. The first kappa shape index (κ1) is 12.4. The summed E-state index contributed by atoms with van der Waals surface area (Å²) in [5.74, 6) is 0.304. The number of anilines is 1. The quantitative estimate of drug-likeness (QED) is 0.745. The number of benzene rings is 1. The standard InChI is InChI=1S/C12H18N2O2/c1-3-14(4-2)12(16)9-13-10-5-7-11(15)8-6-10/h5-8,13,15H,3-4,9H2,1-2H3. The van der Waals surface area contributed by atoms with Gasteiger partial charge >= 0.3 is 0 Å². The van der Waals surface area contributed by atoms with Crippen molar-refractivity contribution in [3.05, 3.63) is 24.3 Å². The van der Waals surface area contributed by atoms with Gasteiger partial charge in [0.25, 0.3) is 0 Å². The lowest BCUT2D eigenvalue weighted by Gasteiger charge is -2.19. The van der Waals surface area contributed by atoms with Crippen LogP contribution in [0.5, 0.6) is 5.75 Å². The zero-order valence-corrected chi connectivity index (χ0v) is 9.73. The molecule has 0 spiro atoms. The van der Waals surface area contributed by atoms with E-state index in [1.54, 1.807) is 29.2 Å². The van der Waals surface area contributed by atoms with Crippen LogP contribution in [0.15, 0.2) is 24.3 Å². The number of nitrogens with zero attached hydrogens (tertiary/aromatic N) is 1. The van der Waals surface area contributed by atoms with Crippen LogP contribution >= 0.6 is 0 Å². The highest BCUT2D eigenvalue weighted by Crippen LogP contribution is 2.13. The van der Waals surface area contributed by atoms with Crippen molar-refractivity contribution in [2.24, 2.45) is 0 Å². The molecular weight excluding hydrogens is 204 g/mol. The van der Waals surface area contributed by atoms with Crippen molar-refractivity contribution in [1.82, 2.24) is 4.90 Å². The first-order valence-corrected chi connectivity index (χ1v) is 5.48. The summed E-state index contributed by atoms with van der Waals surface area (Å²) in [7, 11) is 0. The predicted octanol–water partition coefficient (Wildman–Crippen LogP) is 1.67. The Kier molecular flexibility index (Phi) is 4.64. The van der Waals surface area contributed by atoms with E-state index in [9.17, 15) is 4.79 Å². The normalized spacial score (nSPS) is 9.88. The van der Waals surface area contributed by atoms with Crippen molar-refractivity contribution >= 4 is 11.6 Å². The van der Waals surface area contributed by atoms with Gasteiger partial charge in [0.1, 0.15) is 5.75 Å². The molecule has 0 saturated carbocycles. The van der Waals surface area contributed by atoms with Crippen LogP contribution in [0.25, 0.3) is 0 Å². The van der Waals surface area contributed by atoms with Gasteiger partial charge in [-0.2, -0.15) is 0 Å². The number of hydrogen-bond donors (Lipinski definition) is 2. The molecule has 0 unspecified atom stereocenters. The van der Waals surface area contributed by atoms with Gasteiger partial charge < -0.3 is 15.3 Å². The molecule has 1 rings (SSSR count). The Morgan fingerprint density at radius 3 is 2.31 bits per heavy atom. The fourth-order valence-corrected chi connectivity index (χ4v) is 1.45. The van der Waals surface area contributed by atoms with Crippen LogP contribution in [0.2, 0.25) is 0 Å². The number of nitrogens with one attached hydrogen (secondary N) is 1. The molecule has 0 fully saturated rings. The summed E-state index contributed by atoms with van der Waals surface area (Å²) in [6.07, 6.45) is 0. The lowest BCUT2D eigenvalue weighted by Crippen LogP contribution is -2.35. The molecule has 1 aromatic carbocycles. The van der Waals surface area contributed by atoms with Gasteiger partial charge in [0, 0.05) is 18.8 Å². The maximum atomic E-state index is 11.7. The maximum absolute atomic E-state index is 11.7. The molecule has 4 heteroatoms. The average Bonchev–Trinajstić information content (AvgIpc) is 2.30. The number of phenols is 1. The van der Waals surface area contributed by atoms with Crippen LogP contribution in [0.3, 0.4) is 0 Å². The number of amides is 1. The smallest absolute Gasteiger partial charge is 0.241 e. The molecule has 0 bridgehead atoms. The molecule has 0 heterocycles. The van der Waals surface area contributed by atoms with E-state index in [0.717, 1.165) is 18.8 Å². The molecule has 2 N–H and O–H groups in total. The Hall–Kier alpha value is -1.71. The Morgan fingerprint density at radius 2 is 1.81 bits per heavy atom. The maximum Gasteiger partial charge on any atom is 0.241 e. The Bertz CT molecular complexity index is 331. The van der Waals surface area contributed by atoms with E-state index in [1.807, 2.05) is 13.8 Å². The topological polar surface area (TPSA) is 52.6 Å². The third-order valence-corrected chi connectivity index (χ3v) is 2.43. The third kappa shape index (κ3) is 3.46. The fourth-order valence-electron chi connectivity index (χ4n) is 1.45. The van der Waals surface area contributed by atoms with E-state index in [4.69, 9.17) is 5.11 Å². The van der Waals surface area contributed by atoms with Crippen LogP contribution in [0.1, 0.15) is 13.8 Å². The number of likely N-dealkylation sites (N-methyl/N-ethyl adjacent to an activating group) is 1. The monoisotopic (exact) mass is 222 g/mol. The minimum atomic E-state index is 0.0816. The minimum absolute atomic E-state index is 0.0816. The summed E-state index contributed by atoms with van der Waals surface area (Å²) >= 11 is 0. The van der Waals surface area contributed by atoms with E-state index in [2.05, 4.69) is 5.32 Å². The van der Waals surface area contributed by atoms with Crippen molar-refractivity contribution in [2.75, 3.05) is 25.0 Å². The lowest BCUT2D eigenvalue weighted by atomic mass is 10.3. The number of aromatic hydroxyl groups is 1. The second-order valence-electron chi connectivity index (χ2n) is 3.47. The summed E-state index contributed by atoms with van der Waals surface area (Å²) in [6, 6.07) is 6.66. The lowest BCUT2D eigenvalue weighted by molar-refractivity contribution is -0.128. The molecule has 0 aliphatic carbocycles. The van der Waals surface area contributed by atoms with Gasteiger partial charge in [-0.05, 0) is 38.1 Å². The van der Waals surface area contributed by atoms with Crippen molar-refractivity contribution in [1.29, 1.82) is 0 Å². The Labute approximate surface area is 95.9 Å². The number of carbonyl (C=O) groups is 1. The van der Waals surface area contributed by atoms with E-state index < -0.39 is 0 Å². The Morgan fingerprint density at radius 1 is 1.25 bits per heavy atom. The van der Waals surface area contributed by atoms with Crippen LogP contribution in [-0.4, -0.2) is 35.5 Å². The second-order valence-corrected chi connectivity index (χ2v) is 3.47. The molecule has 0 aliphatic rings. The van der Waals surface area contributed by atoms with Gasteiger partial charge in [-0.25, -0.2) is 0 Å². The van der Waals surface area contributed by atoms with E-state index >= 15 is 0 Å². The first-order chi connectivity index (χ1) is 7.67. The molecule has 16 heavy (non-hydrogen) atoms. The third-order valence-electron chi connectivity index (χ3n) is 2.43. The van der Waals surface area contributed by atoms with Crippen LogP contribution in [0.4, 0.5) is 5.69 Å². The molecule has 0 atom stereocenters. The van der Waals surface area contributed by atoms with Crippen LogP contribution in [-0.2, 0) is 4.79 Å². The van der Waals surface area contributed by atoms with E-state index in [0.29, 0.717) is 0 Å². The zero-order chi connectivity index (χ0) is 12.0. The predicted molar refractivity (Wildman–Crippen MR) is 64.5 cm³/mol. The number of phenolic OH excluding ortho intramolecular Hbond substituents is 1. The number of hydrogen-bond acceptors (Lipinski definition) is 3. The largest absolute Gasteiger partial charge is 0.508 e.